The van der Waals surface area contributed by atoms with Gasteiger partial charge in [0.1, 0.15) is 19.4 Å². The molecule has 0 spiro atoms. The molecule has 0 atom stereocenters. The minimum atomic E-state index is 0. The normalized spacial score (nSPS) is 10.1. The number of ether oxygens (including phenoxy) is 1. The molecule has 3 rings (SSSR count). The molecule has 102 valence electrons. The zero-order valence-electron chi connectivity index (χ0n) is 11.3. The topological polar surface area (TPSA) is 13.1 Å². The highest BCUT2D eigenvalue weighted by Crippen LogP contribution is 2.20. The lowest BCUT2D eigenvalue weighted by molar-refractivity contribution is -0.670. The lowest BCUT2D eigenvalue weighted by Crippen LogP contribution is -3.00. The first-order chi connectivity index (χ1) is 9.31. The summed E-state index contributed by atoms with van der Waals surface area (Å²) in [6.45, 7) is 0.604. The van der Waals surface area contributed by atoms with E-state index in [0.29, 0.717) is 6.61 Å². The van der Waals surface area contributed by atoms with Crippen LogP contribution in [0.5, 0.6) is 5.75 Å². The van der Waals surface area contributed by atoms with Gasteiger partial charge in [0.25, 0.3) is 0 Å². The molecule has 0 N–H and O–H groups in total. The van der Waals surface area contributed by atoms with Crippen LogP contribution in [0.3, 0.4) is 0 Å². The third-order valence-corrected chi connectivity index (χ3v) is 3.14. The number of aromatic nitrogens is 1. The smallest absolute Gasteiger partial charge is 0.176 e. The number of hydrogen-bond donors (Lipinski definition) is 0. The van der Waals surface area contributed by atoms with E-state index < -0.39 is 0 Å². The molecule has 0 aliphatic heterocycles. The average molecular weight is 330 g/mol. The van der Waals surface area contributed by atoms with Gasteiger partial charge >= 0.3 is 0 Å². The predicted molar refractivity (Wildman–Crippen MR) is 75.9 cm³/mol. The molecule has 0 aliphatic carbocycles. The van der Waals surface area contributed by atoms with Crippen molar-refractivity contribution >= 4 is 10.8 Å². The van der Waals surface area contributed by atoms with Gasteiger partial charge in [-0.05, 0) is 29.1 Å². The zero-order chi connectivity index (χ0) is 13.1. The van der Waals surface area contributed by atoms with Crippen LogP contribution in [-0.4, -0.2) is 0 Å². The highest BCUT2D eigenvalue weighted by Gasteiger charge is 2.01. The number of benzene rings is 2. The molecule has 20 heavy (non-hydrogen) atoms. The van der Waals surface area contributed by atoms with E-state index in [4.69, 9.17) is 4.74 Å². The molecule has 0 bridgehead atoms. The summed E-state index contributed by atoms with van der Waals surface area (Å²) in [7, 11) is 2.03. The van der Waals surface area contributed by atoms with Crippen LogP contribution in [0.15, 0.2) is 67.0 Å². The number of nitrogens with zero attached hydrogens (tertiary/aromatic N) is 1. The number of hydrogen-bond acceptors (Lipinski definition) is 1. The number of aryl methyl sites for hydroxylation is 1. The molecule has 2 nitrogen and oxygen atoms in total. The second-order valence-electron chi connectivity index (χ2n) is 4.68. The Hall–Kier alpha value is -1.87. The van der Waals surface area contributed by atoms with Crippen molar-refractivity contribution in [2.75, 3.05) is 0 Å². The highest BCUT2D eigenvalue weighted by atomic mass is 79.9. The van der Waals surface area contributed by atoms with Gasteiger partial charge < -0.3 is 21.7 Å². The van der Waals surface area contributed by atoms with Gasteiger partial charge in [-0.25, -0.2) is 4.57 Å². The van der Waals surface area contributed by atoms with Crippen LogP contribution in [0.1, 0.15) is 5.56 Å². The molecule has 1 aromatic heterocycles. The Kier molecular flexibility index (Phi) is 4.74. The van der Waals surface area contributed by atoms with Gasteiger partial charge in [-0.3, -0.25) is 0 Å². The molecule has 3 heteroatoms. The Labute approximate surface area is 129 Å². The standard InChI is InChI=1S/C17H16NO.BrH/c1-18-10-9-15-11-17(8-7-16(15)12-18)19-13-14-5-3-2-4-6-14;/h2-12H,13H2,1H3;1H/q+1;/p-1. The van der Waals surface area contributed by atoms with Gasteiger partial charge in [-0.1, -0.05) is 30.3 Å². The van der Waals surface area contributed by atoms with Crippen molar-refractivity contribution in [3.8, 4) is 5.75 Å². The second kappa shape index (κ2) is 6.53. The molecule has 0 unspecified atom stereocenters. The summed E-state index contributed by atoms with van der Waals surface area (Å²) in [4.78, 5) is 0. The summed E-state index contributed by atoms with van der Waals surface area (Å²) >= 11 is 0. The monoisotopic (exact) mass is 329 g/mol. The molecule has 0 fully saturated rings. The summed E-state index contributed by atoms with van der Waals surface area (Å²) in [5.41, 5.74) is 1.18. The van der Waals surface area contributed by atoms with Gasteiger partial charge in [0.15, 0.2) is 12.4 Å². The molecule has 1 heterocycles. The van der Waals surface area contributed by atoms with E-state index in [1.807, 2.05) is 42.1 Å². The van der Waals surface area contributed by atoms with Crippen LogP contribution < -0.4 is 26.3 Å². The van der Waals surface area contributed by atoms with Crippen molar-refractivity contribution < 1.29 is 26.3 Å². The summed E-state index contributed by atoms with van der Waals surface area (Å²) in [5.74, 6) is 0.908. The lowest BCUT2D eigenvalue weighted by atomic mass is 10.1. The molecule has 0 aliphatic rings. The Bertz CT molecular complexity index is 698. The van der Waals surface area contributed by atoms with Crippen LogP contribution in [0.2, 0.25) is 0 Å². The van der Waals surface area contributed by atoms with Gasteiger partial charge in [0.05, 0.1) is 0 Å². The van der Waals surface area contributed by atoms with Gasteiger partial charge in [0, 0.05) is 11.5 Å². The van der Waals surface area contributed by atoms with Crippen molar-refractivity contribution in [3.05, 3.63) is 72.6 Å². The summed E-state index contributed by atoms with van der Waals surface area (Å²) < 4.78 is 7.87. The molecular weight excluding hydrogens is 314 g/mol. The van der Waals surface area contributed by atoms with E-state index in [0.717, 1.165) is 5.75 Å². The van der Waals surface area contributed by atoms with E-state index in [2.05, 4.69) is 36.5 Å². The highest BCUT2D eigenvalue weighted by molar-refractivity contribution is 5.82. The van der Waals surface area contributed by atoms with E-state index in [1.165, 1.54) is 16.3 Å². The van der Waals surface area contributed by atoms with Crippen LogP contribution in [0.4, 0.5) is 0 Å². The Balaban J connectivity index is 0.00000147. The maximum Gasteiger partial charge on any atom is 0.176 e. The molecule has 0 saturated carbocycles. The van der Waals surface area contributed by atoms with Crippen molar-refractivity contribution in [3.63, 3.8) is 0 Å². The van der Waals surface area contributed by atoms with E-state index >= 15 is 0 Å². The van der Waals surface area contributed by atoms with E-state index in [9.17, 15) is 0 Å². The van der Waals surface area contributed by atoms with Crippen LogP contribution in [-0.2, 0) is 13.7 Å². The van der Waals surface area contributed by atoms with Crippen molar-refractivity contribution in [1.82, 2.24) is 0 Å². The molecule has 0 saturated heterocycles. The average Bonchev–Trinajstić information content (AvgIpc) is 2.46. The first-order valence-electron chi connectivity index (χ1n) is 6.37. The minimum Gasteiger partial charge on any atom is -1.00 e. The van der Waals surface area contributed by atoms with Gasteiger partial charge in [-0.2, -0.15) is 0 Å². The van der Waals surface area contributed by atoms with Crippen molar-refractivity contribution in [2.45, 2.75) is 6.61 Å². The molecule has 2 aromatic carbocycles. The third-order valence-electron chi connectivity index (χ3n) is 3.14. The zero-order valence-corrected chi connectivity index (χ0v) is 12.9. The Morgan fingerprint density at radius 1 is 0.950 bits per heavy atom. The molecule has 0 amide bonds. The van der Waals surface area contributed by atoms with E-state index in [1.54, 1.807) is 0 Å². The SMILES string of the molecule is C[n+]1ccc2cc(OCc3ccccc3)ccc2c1.[Br-]. The summed E-state index contributed by atoms with van der Waals surface area (Å²) in [6.07, 6.45) is 4.15. The lowest BCUT2D eigenvalue weighted by Gasteiger charge is -2.07. The maximum absolute atomic E-state index is 5.82. The summed E-state index contributed by atoms with van der Waals surface area (Å²) in [5, 5.41) is 2.42. The Morgan fingerprint density at radius 3 is 2.55 bits per heavy atom. The number of halogens is 1. The quantitative estimate of drug-likeness (QED) is 0.628. The first-order valence-corrected chi connectivity index (χ1v) is 6.37. The maximum atomic E-state index is 5.82. The minimum absolute atomic E-state index is 0. The largest absolute Gasteiger partial charge is 1.00 e. The number of pyridine rings is 1. The third kappa shape index (κ3) is 3.36. The summed E-state index contributed by atoms with van der Waals surface area (Å²) in [6, 6.07) is 18.5. The number of fused-ring (bicyclic) bond motifs is 1. The molecular formula is C17H16BrNO. The van der Waals surface area contributed by atoms with Crippen molar-refractivity contribution in [2.24, 2.45) is 7.05 Å². The van der Waals surface area contributed by atoms with Crippen molar-refractivity contribution in [1.29, 1.82) is 0 Å². The van der Waals surface area contributed by atoms with Crippen LogP contribution in [0.25, 0.3) is 10.8 Å². The fraction of sp³-hybridized carbons (Fsp3) is 0.118. The van der Waals surface area contributed by atoms with E-state index in [-0.39, 0.29) is 17.0 Å². The van der Waals surface area contributed by atoms with Crippen LogP contribution in [0, 0.1) is 0 Å². The van der Waals surface area contributed by atoms with Gasteiger partial charge in [0.2, 0.25) is 0 Å². The molecule has 0 radical (unpaired) electrons. The second-order valence-corrected chi connectivity index (χ2v) is 4.68. The fourth-order valence-electron chi connectivity index (χ4n) is 2.11. The predicted octanol–water partition coefficient (Wildman–Crippen LogP) is 0.247. The molecule has 3 aromatic rings. The Morgan fingerprint density at radius 2 is 1.75 bits per heavy atom. The van der Waals surface area contributed by atoms with Gasteiger partial charge in [-0.15, -0.1) is 0 Å². The number of rotatable bonds is 3. The fourth-order valence-corrected chi connectivity index (χ4v) is 2.11. The first kappa shape index (κ1) is 14.5. The van der Waals surface area contributed by atoms with Crippen LogP contribution >= 0.6 is 0 Å².